The van der Waals surface area contributed by atoms with Crippen molar-refractivity contribution in [1.29, 1.82) is 0 Å². The second-order valence-electron chi connectivity index (χ2n) is 5.24. The molecule has 106 valence electrons. The molecule has 0 saturated carbocycles. The Labute approximate surface area is 113 Å². The number of piperidine rings is 1. The maximum absolute atomic E-state index is 14.1. The van der Waals surface area contributed by atoms with E-state index in [-0.39, 0.29) is 23.4 Å². The number of nitrogens with zero attached hydrogens (tertiary/aromatic N) is 2. The van der Waals surface area contributed by atoms with Gasteiger partial charge in [-0.25, -0.2) is 17.8 Å². The molecule has 0 bridgehead atoms. The molecule has 2 heterocycles. The van der Waals surface area contributed by atoms with Gasteiger partial charge in [0.1, 0.15) is 6.17 Å². The van der Waals surface area contributed by atoms with Crippen molar-refractivity contribution in [2.45, 2.75) is 31.5 Å². The Bertz CT molecular complexity index is 519. The fraction of sp³-hybridized carbons (Fsp3) is 0.615. The van der Waals surface area contributed by atoms with Crippen LogP contribution in [-0.2, 0) is 10.0 Å². The third-order valence-electron chi connectivity index (χ3n) is 3.65. The first kappa shape index (κ1) is 14.4. The molecule has 0 aliphatic carbocycles. The summed E-state index contributed by atoms with van der Waals surface area (Å²) in [4.78, 5) is 3.85. The minimum Gasteiger partial charge on any atom is -0.246 e. The molecule has 0 radical (unpaired) electrons. The summed E-state index contributed by atoms with van der Waals surface area (Å²) in [6.07, 6.45) is 0.887. The summed E-state index contributed by atoms with van der Waals surface area (Å²) in [6.45, 7) is 4.24. The molecule has 1 aromatic heterocycles. The number of aromatic nitrogens is 1. The number of pyridine rings is 1. The van der Waals surface area contributed by atoms with Gasteiger partial charge in [-0.15, -0.1) is 0 Å². The summed E-state index contributed by atoms with van der Waals surface area (Å²) in [5, 5.41) is -0.00908. The molecule has 4 nitrogen and oxygen atoms in total. The van der Waals surface area contributed by atoms with Gasteiger partial charge in [-0.1, -0.05) is 19.9 Å². The molecule has 1 fully saturated rings. The van der Waals surface area contributed by atoms with Crippen molar-refractivity contribution in [1.82, 2.24) is 9.29 Å². The van der Waals surface area contributed by atoms with Crippen molar-refractivity contribution >= 4 is 10.0 Å². The quantitative estimate of drug-likeness (QED) is 0.855. The summed E-state index contributed by atoms with van der Waals surface area (Å²) in [7, 11) is -3.66. The highest BCUT2D eigenvalue weighted by atomic mass is 32.2. The smallest absolute Gasteiger partial charge is 0.246 e. The molecule has 0 aromatic carbocycles. The van der Waals surface area contributed by atoms with Crippen LogP contribution in [-0.4, -0.2) is 37.0 Å². The maximum atomic E-state index is 14.1. The van der Waals surface area contributed by atoms with Gasteiger partial charge in [0.25, 0.3) is 10.0 Å². The summed E-state index contributed by atoms with van der Waals surface area (Å²) in [6, 6.07) is 4.72. The van der Waals surface area contributed by atoms with Crippen LogP contribution in [0.4, 0.5) is 4.39 Å². The van der Waals surface area contributed by atoms with E-state index in [1.165, 1.54) is 16.6 Å². The number of alkyl halides is 1. The third kappa shape index (κ3) is 2.95. The highest BCUT2D eigenvalue weighted by molar-refractivity contribution is 7.89. The van der Waals surface area contributed by atoms with Crippen LogP contribution in [0.15, 0.2) is 29.4 Å². The summed E-state index contributed by atoms with van der Waals surface area (Å²) < 4.78 is 39.9. The van der Waals surface area contributed by atoms with Crippen molar-refractivity contribution in [2.24, 2.45) is 11.8 Å². The standard InChI is InChI=1S/C13H19FN2O2S/c1-10(2)11-6-8-16(9-12(11)14)19(17,18)13-5-3-4-7-15-13/h3-5,7,10-12H,6,8-9H2,1-2H3/t11-,12-/m1/s1. The number of hydrogen-bond donors (Lipinski definition) is 0. The molecule has 1 aromatic rings. The lowest BCUT2D eigenvalue weighted by molar-refractivity contribution is 0.101. The van der Waals surface area contributed by atoms with E-state index in [0.717, 1.165) is 0 Å². The predicted molar refractivity (Wildman–Crippen MR) is 70.8 cm³/mol. The number of sulfonamides is 1. The molecule has 2 rings (SSSR count). The van der Waals surface area contributed by atoms with E-state index in [4.69, 9.17) is 0 Å². The van der Waals surface area contributed by atoms with Crippen LogP contribution in [0.3, 0.4) is 0 Å². The molecule has 1 saturated heterocycles. The molecule has 2 atom stereocenters. The van der Waals surface area contributed by atoms with Crippen LogP contribution < -0.4 is 0 Å². The first-order valence-electron chi connectivity index (χ1n) is 6.48. The minimum absolute atomic E-state index is 0.00908. The molecule has 0 unspecified atom stereocenters. The van der Waals surface area contributed by atoms with Crippen LogP contribution in [0.5, 0.6) is 0 Å². The van der Waals surface area contributed by atoms with Crippen molar-refractivity contribution in [3.8, 4) is 0 Å². The number of hydrogen-bond acceptors (Lipinski definition) is 3. The second kappa shape index (κ2) is 5.54. The monoisotopic (exact) mass is 286 g/mol. The fourth-order valence-corrected chi connectivity index (χ4v) is 3.89. The van der Waals surface area contributed by atoms with Crippen molar-refractivity contribution in [2.75, 3.05) is 13.1 Å². The second-order valence-corrected chi connectivity index (χ2v) is 7.13. The molecule has 0 spiro atoms. The van der Waals surface area contributed by atoms with Gasteiger partial charge in [0.2, 0.25) is 0 Å². The van der Waals surface area contributed by atoms with Crippen molar-refractivity contribution in [3.05, 3.63) is 24.4 Å². The van der Waals surface area contributed by atoms with Crippen LogP contribution in [0.25, 0.3) is 0 Å². The lowest BCUT2D eigenvalue weighted by atomic mass is 9.86. The molecule has 0 amide bonds. The largest absolute Gasteiger partial charge is 0.260 e. The van der Waals surface area contributed by atoms with Gasteiger partial charge in [-0.2, -0.15) is 4.31 Å². The van der Waals surface area contributed by atoms with Gasteiger partial charge in [0, 0.05) is 19.3 Å². The van der Waals surface area contributed by atoms with E-state index in [1.807, 2.05) is 13.8 Å². The first-order valence-corrected chi connectivity index (χ1v) is 7.92. The molecular formula is C13H19FN2O2S. The number of rotatable bonds is 3. The SMILES string of the molecule is CC(C)[C@H]1CCN(S(=O)(=O)c2ccccn2)C[C@H]1F. The molecular weight excluding hydrogens is 267 g/mol. The van der Waals surface area contributed by atoms with Crippen molar-refractivity contribution < 1.29 is 12.8 Å². The highest BCUT2D eigenvalue weighted by Crippen LogP contribution is 2.29. The topological polar surface area (TPSA) is 50.3 Å². The van der Waals surface area contributed by atoms with Crippen molar-refractivity contribution in [3.63, 3.8) is 0 Å². The zero-order valence-electron chi connectivity index (χ0n) is 11.2. The number of halogens is 1. The van der Waals surface area contributed by atoms with E-state index in [9.17, 15) is 12.8 Å². The minimum atomic E-state index is -3.66. The third-order valence-corrected chi connectivity index (χ3v) is 5.43. The molecule has 0 N–H and O–H groups in total. The summed E-state index contributed by atoms with van der Waals surface area (Å²) in [5.41, 5.74) is 0. The maximum Gasteiger partial charge on any atom is 0.260 e. The van der Waals surface area contributed by atoms with E-state index in [1.54, 1.807) is 12.1 Å². The van der Waals surface area contributed by atoms with Gasteiger partial charge in [0.15, 0.2) is 5.03 Å². The first-order chi connectivity index (χ1) is 8.93. The Balaban J connectivity index is 2.17. The normalized spacial score (nSPS) is 25.7. The summed E-state index contributed by atoms with van der Waals surface area (Å²) >= 11 is 0. The Morgan fingerprint density at radius 2 is 2.16 bits per heavy atom. The molecule has 6 heteroatoms. The van der Waals surface area contributed by atoms with Gasteiger partial charge in [-0.3, -0.25) is 0 Å². The highest BCUT2D eigenvalue weighted by Gasteiger charge is 2.37. The molecule has 1 aliphatic rings. The zero-order chi connectivity index (χ0) is 14.0. The zero-order valence-corrected chi connectivity index (χ0v) is 12.0. The molecule has 19 heavy (non-hydrogen) atoms. The Kier molecular flexibility index (Phi) is 4.20. The fourth-order valence-electron chi connectivity index (χ4n) is 2.50. The van der Waals surface area contributed by atoms with E-state index in [2.05, 4.69) is 4.98 Å². The van der Waals surface area contributed by atoms with Gasteiger partial charge in [0.05, 0.1) is 0 Å². The van der Waals surface area contributed by atoms with E-state index in [0.29, 0.717) is 13.0 Å². The van der Waals surface area contributed by atoms with Gasteiger partial charge >= 0.3 is 0 Å². The van der Waals surface area contributed by atoms with Crippen LogP contribution >= 0.6 is 0 Å². The van der Waals surface area contributed by atoms with Gasteiger partial charge < -0.3 is 0 Å². The average molecular weight is 286 g/mol. The van der Waals surface area contributed by atoms with E-state index >= 15 is 0 Å². The lowest BCUT2D eigenvalue weighted by Crippen LogP contribution is -2.46. The average Bonchev–Trinajstić information content (AvgIpc) is 2.39. The van der Waals surface area contributed by atoms with E-state index < -0.39 is 16.2 Å². The Morgan fingerprint density at radius 1 is 1.42 bits per heavy atom. The molecule has 1 aliphatic heterocycles. The van der Waals surface area contributed by atoms with Crippen LogP contribution in [0.1, 0.15) is 20.3 Å². The van der Waals surface area contributed by atoms with Crippen LogP contribution in [0, 0.1) is 11.8 Å². The van der Waals surface area contributed by atoms with Gasteiger partial charge in [-0.05, 0) is 30.4 Å². The van der Waals surface area contributed by atoms with Crippen LogP contribution in [0.2, 0.25) is 0 Å². The Hall–Kier alpha value is -1.01. The Morgan fingerprint density at radius 3 is 2.68 bits per heavy atom. The lowest BCUT2D eigenvalue weighted by Gasteiger charge is -2.35. The predicted octanol–water partition coefficient (Wildman–Crippen LogP) is 2.09. The summed E-state index contributed by atoms with van der Waals surface area (Å²) in [5.74, 6) is 0.171.